The molecule has 0 aliphatic rings. The van der Waals surface area contributed by atoms with E-state index in [4.69, 9.17) is 9.11 Å². The minimum atomic E-state index is -4.41. The van der Waals surface area contributed by atoms with Gasteiger partial charge < -0.3 is 4.55 Å². The summed E-state index contributed by atoms with van der Waals surface area (Å²) in [6, 6.07) is 12.1. The molecule has 0 aliphatic carbocycles. The van der Waals surface area contributed by atoms with Crippen LogP contribution < -0.4 is 0 Å². The maximum atomic E-state index is 10.0. The fraction of sp³-hybridized carbons (Fsp3) is 0.100. The summed E-state index contributed by atoms with van der Waals surface area (Å²) in [5, 5.41) is -0.0833. The lowest BCUT2D eigenvalue weighted by atomic mass is 10.2. The monoisotopic (exact) mass is 321 g/mol. The summed E-state index contributed by atoms with van der Waals surface area (Å²) in [5.41, 5.74) is 1.06. The lowest BCUT2D eigenvalue weighted by Crippen LogP contribution is -2.12. The van der Waals surface area contributed by atoms with Crippen molar-refractivity contribution in [3.63, 3.8) is 0 Å². The van der Waals surface area contributed by atoms with Gasteiger partial charge in [-0.15, -0.1) is 0 Å². The van der Waals surface area contributed by atoms with Crippen molar-refractivity contribution in [3.8, 4) is 0 Å². The molecule has 1 unspecified atom stereocenters. The Morgan fingerprint density at radius 3 is 2.11 bits per heavy atom. The minimum Gasteiger partial charge on any atom is -0.305 e. The van der Waals surface area contributed by atoms with E-state index in [-0.39, 0.29) is 0 Å². The Kier molecular flexibility index (Phi) is 5.32. The maximum absolute atomic E-state index is 10.0. The van der Waals surface area contributed by atoms with Crippen LogP contribution in [0.2, 0.25) is 0 Å². The molecule has 19 heavy (non-hydrogen) atoms. The zero-order chi connectivity index (χ0) is 14.5. The van der Waals surface area contributed by atoms with E-state index in [0.29, 0.717) is 0 Å². The van der Waals surface area contributed by atoms with Gasteiger partial charge in [0.2, 0.25) is 0 Å². The van der Waals surface area contributed by atoms with Gasteiger partial charge in [0.05, 0.1) is 5.52 Å². The smallest absolute Gasteiger partial charge is 0.279 e. The second-order valence-corrected chi connectivity index (χ2v) is 8.31. The highest BCUT2D eigenvalue weighted by Crippen LogP contribution is 2.07. The van der Waals surface area contributed by atoms with Gasteiger partial charge in [0.1, 0.15) is 0 Å². The second-order valence-electron chi connectivity index (χ2n) is 3.48. The topological polar surface area (TPSA) is 105 Å². The zero-order valence-electron chi connectivity index (χ0n) is 9.54. The highest BCUT2D eigenvalue weighted by molar-refractivity contribution is 8.33. The molecule has 104 valence electrons. The van der Waals surface area contributed by atoms with Gasteiger partial charge in [0.15, 0.2) is 13.9 Å². The van der Waals surface area contributed by atoms with Gasteiger partial charge in [-0.2, -0.15) is 8.42 Å². The fourth-order valence-corrected chi connectivity index (χ4v) is 3.80. The number of hydrogen-bond acceptors (Lipinski definition) is 5. The number of benzene rings is 1. The van der Waals surface area contributed by atoms with Crippen LogP contribution in [0.3, 0.4) is 0 Å². The van der Waals surface area contributed by atoms with Crippen molar-refractivity contribution in [1.29, 1.82) is 0 Å². The summed E-state index contributed by atoms with van der Waals surface area (Å²) < 4.78 is 45.7. The Labute approximate surface area is 115 Å². The predicted molar refractivity (Wildman–Crippen MR) is 76.3 cm³/mol. The molecule has 0 bridgehead atoms. The number of para-hydroxylation sites is 1. The third-order valence-corrected chi connectivity index (χ3v) is 5.06. The zero-order valence-corrected chi connectivity index (χ0v) is 12.0. The molecule has 1 heterocycles. The van der Waals surface area contributed by atoms with Crippen LogP contribution in [0.5, 0.6) is 0 Å². The summed E-state index contributed by atoms with van der Waals surface area (Å²) in [5.74, 6) is 0. The van der Waals surface area contributed by atoms with E-state index < -0.39 is 24.0 Å². The molecule has 0 fully saturated rings. The first-order valence-corrected chi connectivity index (χ1v) is 9.09. The Morgan fingerprint density at radius 2 is 1.63 bits per heavy atom. The molecule has 1 aromatic carbocycles. The largest absolute Gasteiger partial charge is 0.305 e. The van der Waals surface area contributed by atoms with Crippen molar-refractivity contribution in [2.24, 2.45) is 0 Å². The van der Waals surface area contributed by atoms with Crippen LogP contribution >= 0.6 is 0 Å². The van der Waals surface area contributed by atoms with Gasteiger partial charge in [0, 0.05) is 22.8 Å². The van der Waals surface area contributed by atoms with Crippen molar-refractivity contribution in [3.05, 3.63) is 42.6 Å². The molecule has 2 aromatic rings. The van der Waals surface area contributed by atoms with Crippen LogP contribution in [0.4, 0.5) is 0 Å². The molecule has 0 aliphatic heterocycles. The van der Waals surface area contributed by atoms with E-state index in [0.717, 1.165) is 5.52 Å². The van der Waals surface area contributed by atoms with Gasteiger partial charge >= 0.3 is 0 Å². The molecular weight excluding hydrogens is 310 g/mol. The number of fused-ring (bicyclic) bond motifs is 1. The SMILES string of the molecule is O=S(=O)(O)CS(=O)(O)=S.c1ccc2ncccc2c1. The summed E-state index contributed by atoms with van der Waals surface area (Å²) in [6.07, 6.45) is 1.81. The summed E-state index contributed by atoms with van der Waals surface area (Å²) in [7, 11) is -8.20. The molecule has 1 aromatic heterocycles. The lowest BCUT2D eigenvalue weighted by Gasteiger charge is -1.92. The van der Waals surface area contributed by atoms with Crippen molar-refractivity contribution in [1.82, 2.24) is 4.98 Å². The van der Waals surface area contributed by atoms with Crippen molar-refractivity contribution in [2.45, 2.75) is 0 Å². The van der Waals surface area contributed by atoms with Crippen molar-refractivity contribution in [2.75, 3.05) is 5.08 Å². The highest BCUT2D eigenvalue weighted by Gasteiger charge is 2.12. The van der Waals surface area contributed by atoms with Crippen LogP contribution in [0, 0.1) is 0 Å². The van der Waals surface area contributed by atoms with Gasteiger partial charge in [-0.05, 0) is 12.1 Å². The summed E-state index contributed by atoms with van der Waals surface area (Å²) in [6.45, 7) is 0. The summed E-state index contributed by atoms with van der Waals surface area (Å²) in [4.78, 5) is 4.18. The van der Waals surface area contributed by atoms with Crippen LogP contribution in [0.25, 0.3) is 10.9 Å². The first-order valence-electron chi connectivity index (χ1n) is 4.87. The third kappa shape index (κ3) is 7.13. The van der Waals surface area contributed by atoms with Gasteiger partial charge in [-0.1, -0.05) is 24.3 Å². The Balaban J connectivity index is 0.000000192. The molecule has 0 spiro atoms. The van der Waals surface area contributed by atoms with E-state index in [1.165, 1.54) is 5.39 Å². The molecule has 0 radical (unpaired) electrons. The Bertz CT molecular complexity index is 660. The van der Waals surface area contributed by atoms with Crippen LogP contribution in [0.15, 0.2) is 42.6 Å². The molecule has 0 amide bonds. The Hall–Kier alpha value is -1.13. The maximum Gasteiger partial charge on any atom is 0.279 e. The third-order valence-electron chi connectivity index (χ3n) is 1.81. The standard InChI is InChI=1S/C9H7N.CH4O5S3/c1-2-6-9-8(4-1)5-3-7-10-9;2-8(3,4)1-9(5,6)7/h1-7H;1H2,(H,2,3,4)(H,5,6,7). The normalized spacial score (nSPS) is 14.2. The second kappa shape index (κ2) is 6.35. The molecule has 2 N–H and O–H groups in total. The van der Waals surface area contributed by atoms with Gasteiger partial charge in [0.25, 0.3) is 10.1 Å². The van der Waals surface area contributed by atoms with Crippen LogP contribution in [-0.4, -0.2) is 31.8 Å². The van der Waals surface area contributed by atoms with Crippen LogP contribution in [0.1, 0.15) is 0 Å². The average molecular weight is 321 g/mol. The Morgan fingerprint density at radius 1 is 1.05 bits per heavy atom. The van der Waals surface area contributed by atoms with E-state index in [1.807, 2.05) is 30.5 Å². The summed E-state index contributed by atoms with van der Waals surface area (Å²) >= 11 is 3.78. The lowest BCUT2D eigenvalue weighted by molar-refractivity contribution is 0.486. The molecule has 6 nitrogen and oxygen atoms in total. The fourth-order valence-electron chi connectivity index (χ4n) is 1.20. The first kappa shape index (κ1) is 15.9. The van der Waals surface area contributed by atoms with Crippen LogP contribution in [-0.2, 0) is 30.1 Å². The number of hydrogen-bond donors (Lipinski definition) is 2. The quantitative estimate of drug-likeness (QED) is 0.803. The van der Waals surface area contributed by atoms with E-state index in [1.54, 1.807) is 0 Å². The van der Waals surface area contributed by atoms with Crippen molar-refractivity contribution < 1.29 is 21.7 Å². The number of rotatable bonds is 2. The van der Waals surface area contributed by atoms with Gasteiger partial charge in [-0.3, -0.25) is 9.54 Å². The molecule has 2 rings (SSSR count). The molecule has 0 saturated carbocycles. The predicted octanol–water partition coefficient (Wildman–Crippen LogP) is 1.29. The number of nitrogens with zero attached hydrogens (tertiary/aromatic N) is 1. The number of aromatic nitrogens is 1. The molecular formula is C10H11NO5S3. The van der Waals surface area contributed by atoms with Crippen molar-refractivity contribution >= 4 is 41.0 Å². The molecule has 1 atom stereocenters. The van der Waals surface area contributed by atoms with E-state index in [2.05, 4.69) is 28.3 Å². The first-order chi connectivity index (χ1) is 8.67. The highest BCUT2D eigenvalue weighted by atomic mass is 32.8. The number of pyridine rings is 1. The molecule has 9 heteroatoms. The molecule has 0 saturated heterocycles. The minimum absolute atomic E-state index is 1.06. The average Bonchev–Trinajstić information content (AvgIpc) is 2.25. The van der Waals surface area contributed by atoms with E-state index in [9.17, 15) is 12.6 Å². The van der Waals surface area contributed by atoms with Gasteiger partial charge in [-0.25, -0.2) is 4.21 Å². The van der Waals surface area contributed by atoms with E-state index >= 15 is 0 Å².